The van der Waals surface area contributed by atoms with Gasteiger partial charge in [0.2, 0.25) is 5.95 Å². The second-order valence-electron chi connectivity index (χ2n) is 5.10. The van der Waals surface area contributed by atoms with Gasteiger partial charge < -0.3 is 15.2 Å². The topological polar surface area (TPSA) is 44.0 Å². The summed E-state index contributed by atoms with van der Waals surface area (Å²) in [4.78, 5) is 10.2. The number of benzene rings is 1. The molecule has 1 atom stereocenters. The number of aromatic nitrogens is 2. The molecule has 1 aromatic heterocycles. The molecule has 1 aliphatic heterocycles. The molecule has 1 aliphatic rings. The largest absolute Gasteiger partial charge is 0.344 e. The third-order valence-electron chi connectivity index (χ3n) is 3.65. The van der Waals surface area contributed by atoms with E-state index in [2.05, 4.69) is 33.3 Å². The van der Waals surface area contributed by atoms with E-state index in [0.717, 1.165) is 30.1 Å². The van der Waals surface area contributed by atoms with Gasteiger partial charge in [0.05, 0.1) is 11.0 Å². The van der Waals surface area contributed by atoms with Crippen LogP contribution in [0.25, 0.3) is 11.0 Å². The van der Waals surface area contributed by atoms with Gasteiger partial charge in [-0.15, -0.1) is 0 Å². The maximum atomic E-state index is 4.62. The van der Waals surface area contributed by atoms with Crippen LogP contribution in [0.2, 0.25) is 0 Å². The first kappa shape index (κ1) is 11.5. The molecule has 0 spiro atoms. The maximum Gasteiger partial charge on any atom is 0.203 e. The third kappa shape index (κ3) is 2.34. The van der Waals surface area contributed by atoms with Crippen LogP contribution in [0.1, 0.15) is 19.3 Å². The number of likely N-dealkylation sites (N-methyl/N-ethyl adjacent to an activating group) is 1. The molecule has 4 heteroatoms. The van der Waals surface area contributed by atoms with Crippen LogP contribution in [0.5, 0.6) is 0 Å². The van der Waals surface area contributed by atoms with E-state index in [9.17, 15) is 0 Å². The van der Waals surface area contributed by atoms with E-state index in [1.165, 1.54) is 19.3 Å². The number of imidazole rings is 1. The van der Waals surface area contributed by atoms with Gasteiger partial charge in [-0.05, 0) is 31.5 Å². The van der Waals surface area contributed by atoms with Crippen molar-refractivity contribution >= 4 is 17.0 Å². The molecule has 0 amide bonds. The van der Waals surface area contributed by atoms with Crippen molar-refractivity contribution in [1.82, 2.24) is 15.3 Å². The molecule has 2 N–H and O–H groups in total. The van der Waals surface area contributed by atoms with Gasteiger partial charge in [-0.25, -0.2) is 4.98 Å². The van der Waals surface area contributed by atoms with Crippen LogP contribution in [-0.4, -0.2) is 36.1 Å². The van der Waals surface area contributed by atoms with Gasteiger partial charge >= 0.3 is 0 Å². The number of aromatic amines is 1. The number of para-hydroxylation sites is 2. The summed E-state index contributed by atoms with van der Waals surface area (Å²) >= 11 is 0. The number of H-pyrrole nitrogens is 1. The highest BCUT2D eigenvalue weighted by Crippen LogP contribution is 2.17. The first-order chi connectivity index (χ1) is 8.83. The van der Waals surface area contributed by atoms with Gasteiger partial charge in [0.1, 0.15) is 0 Å². The standard InChI is InChI=1S/C14H20N4/c1-18(10-11-6-4-5-9-15-11)14-16-12-7-2-3-8-13(12)17-14/h2-3,7-8,11,15H,4-6,9-10H2,1H3,(H,16,17). The fourth-order valence-electron chi connectivity index (χ4n) is 2.62. The van der Waals surface area contributed by atoms with Crippen LogP contribution >= 0.6 is 0 Å². The Labute approximate surface area is 107 Å². The molecule has 4 nitrogen and oxygen atoms in total. The van der Waals surface area contributed by atoms with Gasteiger partial charge in [0, 0.05) is 19.6 Å². The summed E-state index contributed by atoms with van der Waals surface area (Å²) in [6.07, 6.45) is 3.92. The Kier molecular flexibility index (Phi) is 3.19. The molecule has 0 saturated carbocycles. The smallest absolute Gasteiger partial charge is 0.203 e. The Morgan fingerprint density at radius 3 is 3.00 bits per heavy atom. The van der Waals surface area contributed by atoms with Crippen LogP contribution in [0.4, 0.5) is 5.95 Å². The summed E-state index contributed by atoms with van der Waals surface area (Å²) in [6.45, 7) is 2.17. The molecule has 1 aromatic carbocycles. The minimum Gasteiger partial charge on any atom is -0.344 e. The van der Waals surface area contributed by atoms with E-state index in [1.807, 2.05) is 18.2 Å². The lowest BCUT2D eigenvalue weighted by atomic mass is 10.1. The highest BCUT2D eigenvalue weighted by Gasteiger charge is 2.16. The zero-order valence-electron chi connectivity index (χ0n) is 10.8. The van der Waals surface area contributed by atoms with Crippen LogP contribution in [-0.2, 0) is 0 Å². The average molecular weight is 244 g/mol. The summed E-state index contributed by atoms with van der Waals surface area (Å²) in [7, 11) is 2.11. The van der Waals surface area contributed by atoms with E-state index in [4.69, 9.17) is 0 Å². The molecule has 2 heterocycles. The van der Waals surface area contributed by atoms with E-state index in [-0.39, 0.29) is 0 Å². The van der Waals surface area contributed by atoms with E-state index >= 15 is 0 Å². The van der Waals surface area contributed by atoms with Crippen molar-refractivity contribution in [2.75, 3.05) is 25.0 Å². The van der Waals surface area contributed by atoms with Crippen LogP contribution in [0.15, 0.2) is 24.3 Å². The molecule has 96 valence electrons. The van der Waals surface area contributed by atoms with Crippen molar-refractivity contribution in [2.24, 2.45) is 0 Å². The summed E-state index contributed by atoms with van der Waals surface area (Å²) in [6, 6.07) is 8.76. The zero-order chi connectivity index (χ0) is 12.4. The lowest BCUT2D eigenvalue weighted by Gasteiger charge is -2.27. The van der Waals surface area contributed by atoms with E-state index in [1.54, 1.807) is 0 Å². The van der Waals surface area contributed by atoms with Crippen LogP contribution < -0.4 is 10.2 Å². The summed E-state index contributed by atoms with van der Waals surface area (Å²) in [5, 5.41) is 3.57. The second-order valence-corrected chi connectivity index (χ2v) is 5.10. The molecule has 3 rings (SSSR count). The fourth-order valence-corrected chi connectivity index (χ4v) is 2.62. The molecule has 0 aliphatic carbocycles. The van der Waals surface area contributed by atoms with E-state index < -0.39 is 0 Å². The first-order valence-electron chi connectivity index (χ1n) is 6.72. The monoisotopic (exact) mass is 244 g/mol. The Balaban J connectivity index is 1.72. The first-order valence-corrected chi connectivity index (χ1v) is 6.72. The number of hydrogen-bond acceptors (Lipinski definition) is 3. The van der Waals surface area contributed by atoms with Gasteiger partial charge in [0.15, 0.2) is 0 Å². The molecule has 0 bridgehead atoms. The van der Waals surface area contributed by atoms with Crippen molar-refractivity contribution in [1.29, 1.82) is 0 Å². The molecule has 18 heavy (non-hydrogen) atoms. The summed E-state index contributed by atoms with van der Waals surface area (Å²) in [5.41, 5.74) is 2.15. The zero-order valence-corrected chi connectivity index (χ0v) is 10.8. The van der Waals surface area contributed by atoms with Gasteiger partial charge in [0.25, 0.3) is 0 Å². The van der Waals surface area contributed by atoms with Gasteiger partial charge in [-0.1, -0.05) is 18.6 Å². The Morgan fingerprint density at radius 1 is 1.33 bits per heavy atom. The molecule has 1 unspecified atom stereocenters. The number of fused-ring (bicyclic) bond motifs is 1. The van der Waals surface area contributed by atoms with E-state index in [0.29, 0.717) is 6.04 Å². The Morgan fingerprint density at radius 2 is 2.22 bits per heavy atom. The lowest BCUT2D eigenvalue weighted by Crippen LogP contribution is -2.42. The highest BCUT2D eigenvalue weighted by molar-refractivity contribution is 5.77. The predicted octanol–water partition coefficient (Wildman–Crippen LogP) is 2.14. The van der Waals surface area contributed by atoms with Crippen molar-refractivity contribution < 1.29 is 0 Å². The third-order valence-corrected chi connectivity index (χ3v) is 3.65. The van der Waals surface area contributed by atoms with Crippen molar-refractivity contribution in [2.45, 2.75) is 25.3 Å². The molecule has 1 fully saturated rings. The Bertz CT molecular complexity index is 480. The summed E-state index contributed by atoms with van der Waals surface area (Å²) < 4.78 is 0. The highest BCUT2D eigenvalue weighted by atomic mass is 15.3. The molecule has 0 radical (unpaired) electrons. The minimum atomic E-state index is 0.594. The van der Waals surface area contributed by atoms with Gasteiger partial charge in [-0.3, -0.25) is 0 Å². The average Bonchev–Trinajstić information content (AvgIpc) is 2.84. The van der Waals surface area contributed by atoms with Gasteiger partial charge in [-0.2, -0.15) is 0 Å². The van der Waals surface area contributed by atoms with Crippen molar-refractivity contribution in [3.63, 3.8) is 0 Å². The van der Waals surface area contributed by atoms with Crippen molar-refractivity contribution in [3.05, 3.63) is 24.3 Å². The van der Waals surface area contributed by atoms with Crippen molar-refractivity contribution in [3.8, 4) is 0 Å². The lowest BCUT2D eigenvalue weighted by molar-refractivity contribution is 0.402. The van der Waals surface area contributed by atoms with Crippen LogP contribution in [0, 0.1) is 0 Å². The normalized spacial score (nSPS) is 20.2. The Hall–Kier alpha value is -1.55. The van der Waals surface area contributed by atoms with Crippen LogP contribution in [0.3, 0.4) is 0 Å². The number of piperidine rings is 1. The second kappa shape index (κ2) is 4.98. The number of rotatable bonds is 3. The SMILES string of the molecule is CN(CC1CCCCN1)c1nc2ccccc2[nH]1. The number of hydrogen-bond donors (Lipinski definition) is 2. The molecular weight excluding hydrogens is 224 g/mol. The fraction of sp³-hybridized carbons (Fsp3) is 0.500. The maximum absolute atomic E-state index is 4.62. The molecule has 2 aromatic rings. The number of nitrogens with one attached hydrogen (secondary N) is 2. The number of anilines is 1. The molecule has 1 saturated heterocycles. The number of nitrogens with zero attached hydrogens (tertiary/aromatic N) is 2. The minimum absolute atomic E-state index is 0.594. The molecular formula is C14H20N4. The predicted molar refractivity (Wildman–Crippen MR) is 75.0 cm³/mol. The quantitative estimate of drug-likeness (QED) is 0.869. The summed E-state index contributed by atoms with van der Waals surface area (Å²) in [5.74, 6) is 0.962.